The van der Waals surface area contributed by atoms with Crippen molar-refractivity contribution in [2.24, 2.45) is 5.41 Å². The van der Waals surface area contributed by atoms with E-state index in [0.29, 0.717) is 24.1 Å². The maximum atomic E-state index is 11.5. The fourth-order valence-electron chi connectivity index (χ4n) is 2.15. The van der Waals surface area contributed by atoms with Gasteiger partial charge in [0.25, 0.3) is 0 Å². The van der Waals surface area contributed by atoms with Crippen LogP contribution in [0.1, 0.15) is 41.0 Å². The smallest absolute Gasteiger partial charge is 0.386 e. The van der Waals surface area contributed by atoms with Gasteiger partial charge in [-0.3, -0.25) is 4.79 Å². The second kappa shape index (κ2) is 13.9. The Morgan fingerprint density at radius 3 is 1.69 bits per heavy atom. The summed E-state index contributed by atoms with van der Waals surface area (Å²) in [6, 6.07) is 16.6. The third-order valence-corrected chi connectivity index (χ3v) is 4.24. The second-order valence-corrected chi connectivity index (χ2v) is 7.39. The van der Waals surface area contributed by atoms with Crippen molar-refractivity contribution in [3.8, 4) is 0 Å². The van der Waals surface area contributed by atoms with Crippen LogP contribution in [-0.4, -0.2) is 59.0 Å². The molecule has 9 heteroatoms. The van der Waals surface area contributed by atoms with Crippen LogP contribution in [0.4, 0.5) is 0 Å². The highest BCUT2D eigenvalue weighted by molar-refractivity contribution is 5.92. The first-order chi connectivity index (χ1) is 15.2. The Morgan fingerprint density at radius 2 is 1.31 bits per heavy atom. The summed E-state index contributed by atoms with van der Waals surface area (Å²) in [5.74, 6) is -1.93. The SMILES string of the molecule is CC(C)(CO)C(O)C(=O)NCCCO.O=C(OOC(=O)c1ccccc1)c1ccccc1. The third-order valence-electron chi connectivity index (χ3n) is 4.24. The third kappa shape index (κ3) is 9.25. The molecule has 32 heavy (non-hydrogen) atoms. The van der Waals surface area contributed by atoms with Gasteiger partial charge in [-0.15, -0.1) is 0 Å². The van der Waals surface area contributed by atoms with Crippen molar-refractivity contribution >= 4 is 17.8 Å². The Morgan fingerprint density at radius 1 is 0.875 bits per heavy atom. The molecule has 4 N–H and O–H groups in total. The van der Waals surface area contributed by atoms with Gasteiger partial charge in [-0.05, 0) is 30.7 Å². The van der Waals surface area contributed by atoms with Gasteiger partial charge in [0.05, 0.1) is 17.7 Å². The maximum Gasteiger partial charge on any atom is 0.386 e. The zero-order chi connectivity index (χ0) is 24.0. The highest BCUT2D eigenvalue weighted by atomic mass is 17.2. The van der Waals surface area contributed by atoms with Crippen LogP contribution < -0.4 is 5.32 Å². The Labute approximate surface area is 186 Å². The van der Waals surface area contributed by atoms with Gasteiger partial charge in [0.1, 0.15) is 6.10 Å². The van der Waals surface area contributed by atoms with Gasteiger partial charge in [0, 0.05) is 18.6 Å². The molecule has 0 bridgehead atoms. The van der Waals surface area contributed by atoms with E-state index in [1.165, 1.54) is 0 Å². The molecule has 0 spiro atoms. The average molecular weight is 447 g/mol. The van der Waals surface area contributed by atoms with E-state index in [1.54, 1.807) is 74.5 Å². The van der Waals surface area contributed by atoms with Crippen molar-refractivity contribution in [3.05, 3.63) is 71.8 Å². The standard InChI is InChI=1S/C14H10O4.C9H19NO4/c15-13(11-7-3-1-4-8-11)17-18-14(16)12-9-5-2-6-10-12;1-9(2,6-12)7(13)8(14)10-4-3-5-11/h1-10H;7,11-13H,3-6H2,1-2H3,(H,10,14). The number of hydrogen-bond donors (Lipinski definition) is 4. The van der Waals surface area contributed by atoms with Crippen LogP contribution >= 0.6 is 0 Å². The molecule has 2 aromatic rings. The van der Waals surface area contributed by atoms with Crippen molar-refractivity contribution in [3.63, 3.8) is 0 Å². The molecule has 0 fully saturated rings. The summed E-state index contributed by atoms with van der Waals surface area (Å²) in [6.07, 6.45) is -0.774. The molecule has 174 valence electrons. The number of nitrogens with one attached hydrogen (secondary N) is 1. The van der Waals surface area contributed by atoms with Crippen LogP contribution in [0, 0.1) is 5.41 Å². The van der Waals surface area contributed by atoms with Gasteiger partial charge < -0.3 is 20.6 Å². The van der Waals surface area contributed by atoms with E-state index in [4.69, 9.17) is 10.2 Å². The van der Waals surface area contributed by atoms with E-state index in [0.717, 1.165) is 0 Å². The summed E-state index contributed by atoms with van der Waals surface area (Å²) < 4.78 is 0. The van der Waals surface area contributed by atoms with Crippen LogP contribution in [-0.2, 0) is 14.6 Å². The summed E-state index contributed by atoms with van der Waals surface area (Å²) in [5, 5.41) is 29.3. The molecule has 0 heterocycles. The number of hydrogen-bond acceptors (Lipinski definition) is 8. The summed E-state index contributed by atoms with van der Waals surface area (Å²) in [6.45, 7) is 3.27. The zero-order valence-electron chi connectivity index (χ0n) is 18.1. The lowest BCUT2D eigenvalue weighted by atomic mass is 9.87. The second-order valence-electron chi connectivity index (χ2n) is 7.39. The fourth-order valence-corrected chi connectivity index (χ4v) is 2.15. The van der Waals surface area contributed by atoms with Gasteiger partial charge in [0.2, 0.25) is 5.91 Å². The first-order valence-corrected chi connectivity index (χ1v) is 9.93. The molecule has 0 saturated carbocycles. The predicted molar refractivity (Wildman–Crippen MR) is 115 cm³/mol. The monoisotopic (exact) mass is 447 g/mol. The van der Waals surface area contributed by atoms with E-state index in [9.17, 15) is 19.5 Å². The molecular formula is C23H29NO8. The molecular weight excluding hydrogens is 418 g/mol. The maximum absolute atomic E-state index is 11.5. The van der Waals surface area contributed by atoms with Crippen LogP contribution in [0.5, 0.6) is 0 Å². The van der Waals surface area contributed by atoms with Gasteiger partial charge >= 0.3 is 11.9 Å². The quantitative estimate of drug-likeness (QED) is 0.271. The van der Waals surface area contributed by atoms with Gasteiger partial charge in [0.15, 0.2) is 0 Å². The minimum Gasteiger partial charge on any atom is -0.396 e. The number of carbonyl (C=O) groups excluding carboxylic acids is 3. The van der Waals surface area contributed by atoms with Crippen LogP contribution in [0.15, 0.2) is 60.7 Å². The number of carbonyl (C=O) groups is 3. The molecule has 0 aliphatic rings. The van der Waals surface area contributed by atoms with Crippen molar-refractivity contribution in [2.75, 3.05) is 19.8 Å². The number of aliphatic hydroxyl groups is 3. The van der Waals surface area contributed by atoms with Crippen molar-refractivity contribution in [1.82, 2.24) is 5.32 Å². The lowest BCUT2D eigenvalue weighted by molar-refractivity contribution is -0.187. The lowest BCUT2D eigenvalue weighted by Crippen LogP contribution is -2.45. The Hall–Kier alpha value is -3.27. The molecule has 2 aromatic carbocycles. The zero-order valence-corrected chi connectivity index (χ0v) is 18.1. The molecule has 9 nitrogen and oxygen atoms in total. The van der Waals surface area contributed by atoms with Crippen molar-refractivity contribution in [1.29, 1.82) is 0 Å². The first kappa shape index (κ1) is 26.8. The van der Waals surface area contributed by atoms with E-state index in [-0.39, 0.29) is 13.2 Å². The Balaban J connectivity index is 0.000000333. The summed E-state index contributed by atoms with van der Waals surface area (Å²) in [4.78, 5) is 43.1. The highest BCUT2D eigenvalue weighted by Crippen LogP contribution is 2.19. The van der Waals surface area contributed by atoms with E-state index in [2.05, 4.69) is 15.1 Å². The van der Waals surface area contributed by atoms with Crippen LogP contribution in [0.2, 0.25) is 0 Å². The molecule has 2 rings (SSSR count). The first-order valence-electron chi connectivity index (χ1n) is 9.93. The van der Waals surface area contributed by atoms with Crippen LogP contribution in [0.3, 0.4) is 0 Å². The normalized spacial score (nSPS) is 11.4. The Kier molecular flexibility index (Phi) is 11.6. The minimum atomic E-state index is -1.23. The van der Waals surface area contributed by atoms with Gasteiger partial charge in [-0.25, -0.2) is 19.4 Å². The summed E-state index contributed by atoms with van der Waals surface area (Å²) in [5.41, 5.74) is -0.208. The Bertz CT molecular complexity index is 788. The lowest BCUT2D eigenvalue weighted by Gasteiger charge is -2.27. The van der Waals surface area contributed by atoms with E-state index >= 15 is 0 Å². The molecule has 0 radical (unpaired) electrons. The molecule has 1 amide bonds. The molecule has 0 aliphatic heterocycles. The largest absolute Gasteiger partial charge is 0.396 e. The van der Waals surface area contributed by atoms with Gasteiger partial charge in [-0.2, -0.15) is 0 Å². The van der Waals surface area contributed by atoms with Gasteiger partial charge in [-0.1, -0.05) is 50.2 Å². The predicted octanol–water partition coefficient (Wildman–Crippen LogP) is 1.48. The topological polar surface area (TPSA) is 142 Å². The fraction of sp³-hybridized carbons (Fsp3) is 0.348. The number of benzene rings is 2. The molecule has 0 aromatic heterocycles. The number of amides is 1. The summed E-state index contributed by atoms with van der Waals surface area (Å²) in [7, 11) is 0. The number of aliphatic hydroxyl groups excluding tert-OH is 3. The average Bonchev–Trinajstić information content (AvgIpc) is 2.83. The van der Waals surface area contributed by atoms with Crippen molar-refractivity contribution < 1.29 is 39.5 Å². The molecule has 1 atom stereocenters. The van der Waals surface area contributed by atoms with E-state index < -0.39 is 29.4 Å². The highest BCUT2D eigenvalue weighted by Gasteiger charge is 2.32. The summed E-state index contributed by atoms with van der Waals surface area (Å²) >= 11 is 0. The van der Waals surface area contributed by atoms with Crippen molar-refractivity contribution in [2.45, 2.75) is 26.4 Å². The van der Waals surface area contributed by atoms with E-state index in [1.807, 2.05) is 0 Å². The minimum absolute atomic E-state index is 0.000230. The number of rotatable bonds is 8. The van der Waals surface area contributed by atoms with Crippen LogP contribution in [0.25, 0.3) is 0 Å². The molecule has 0 saturated heterocycles. The molecule has 1 unspecified atom stereocenters. The molecule has 0 aliphatic carbocycles.